The number of hydrogen-bond acceptors (Lipinski definition) is 5. The monoisotopic (exact) mass is 436 g/mol. The number of methoxy groups -OCH3 is 1. The van der Waals surface area contributed by atoms with Crippen LogP contribution in [0.1, 0.15) is 17.3 Å². The Morgan fingerprint density at radius 3 is 2.36 bits per heavy atom. The fourth-order valence-electron chi connectivity index (χ4n) is 4.22. The maximum Gasteiger partial charge on any atom is 0.300 e. The number of ether oxygens (including phenoxy) is 1. The first-order valence-corrected chi connectivity index (χ1v) is 10.4. The van der Waals surface area contributed by atoms with Crippen LogP contribution in [0.4, 0.5) is 5.69 Å². The number of benzene rings is 3. The van der Waals surface area contributed by atoms with Gasteiger partial charge in [-0.15, -0.1) is 0 Å². The summed E-state index contributed by atoms with van der Waals surface area (Å²) in [6.07, 6.45) is 1.60. The van der Waals surface area contributed by atoms with Gasteiger partial charge in [-0.3, -0.25) is 19.5 Å². The molecule has 0 bridgehead atoms. The number of anilines is 1. The van der Waals surface area contributed by atoms with Crippen LogP contribution in [-0.4, -0.2) is 28.9 Å². The lowest BCUT2D eigenvalue weighted by Crippen LogP contribution is -2.30. The van der Waals surface area contributed by atoms with Crippen LogP contribution >= 0.6 is 0 Å². The molecular weight excluding hydrogens is 416 g/mol. The fraction of sp³-hybridized carbons (Fsp3) is 0.0741. The van der Waals surface area contributed by atoms with Crippen LogP contribution in [0, 0.1) is 0 Å². The Kier molecular flexibility index (Phi) is 5.11. The minimum Gasteiger partial charge on any atom is -0.507 e. The van der Waals surface area contributed by atoms with E-state index < -0.39 is 17.7 Å². The Balaban J connectivity index is 1.75. The molecule has 0 aliphatic carbocycles. The number of aliphatic hydroxyl groups is 1. The summed E-state index contributed by atoms with van der Waals surface area (Å²) in [5.41, 5.74) is 1.48. The van der Waals surface area contributed by atoms with E-state index in [0.717, 1.165) is 10.8 Å². The van der Waals surface area contributed by atoms with Gasteiger partial charge in [0, 0.05) is 17.1 Å². The summed E-state index contributed by atoms with van der Waals surface area (Å²) in [6, 6.07) is 24.3. The summed E-state index contributed by atoms with van der Waals surface area (Å²) in [6.45, 7) is 0. The number of pyridine rings is 1. The summed E-state index contributed by atoms with van der Waals surface area (Å²) in [5.74, 6) is -1.11. The van der Waals surface area contributed by atoms with E-state index in [0.29, 0.717) is 22.7 Å². The zero-order valence-electron chi connectivity index (χ0n) is 17.8. The van der Waals surface area contributed by atoms with Crippen LogP contribution in [0.5, 0.6) is 5.75 Å². The van der Waals surface area contributed by atoms with Crippen LogP contribution in [0.25, 0.3) is 16.5 Å². The smallest absolute Gasteiger partial charge is 0.300 e. The number of Topliss-reactive ketones (excluding diaryl/α,β-unsaturated/α-hetero) is 1. The average Bonchev–Trinajstić information content (AvgIpc) is 3.14. The van der Waals surface area contributed by atoms with Gasteiger partial charge in [0.1, 0.15) is 17.6 Å². The van der Waals surface area contributed by atoms with Gasteiger partial charge in [-0.1, -0.05) is 42.5 Å². The molecule has 162 valence electrons. The van der Waals surface area contributed by atoms with Crippen LogP contribution in [-0.2, 0) is 9.59 Å². The Morgan fingerprint density at radius 2 is 1.64 bits per heavy atom. The van der Waals surface area contributed by atoms with Crippen molar-refractivity contribution in [3.63, 3.8) is 0 Å². The van der Waals surface area contributed by atoms with Gasteiger partial charge >= 0.3 is 0 Å². The fourth-order valence-corrected chi connectivity index (χ4v) is 4.22. The number of aromatic nitrogens is 1. The van der Waals surface area contributed by atoms with E-state index in [4.69, 9.17) is 4.74 Å². The molecule has 0 spiro atoms. The lowest BCUT2D eigenvalue weighted by Gasteiger charge is -2.25. The van der Waals surface area contributed by atoms with Gasteiger partial charge in [-0.05, 0) is 47.9 Å². The minimum absolute atomic E-state index is 0.00296. The second kappa shape index (κ2) is 8.24. The normalized spacial score (nSPS) is 17.5. The van der Waals surface area contributed by atoms with Crippen LogP contribution < -0.4 is 9.64 Å². The van der Waals surface area contributed by atoms with Gasteiger partial charge in [0.15, 0.2) is 0 Å². The van der Waals surface area contributed by atoms with Crippen molar-refractivity contribution in [1.82, 2.24) is 4.98 Å². The lowest BCUT2D eigenvalue weighted by atomic mass is 9.97. The molecule has 2 heterocycles. The van der Waals surface area contributed by atoms with Crippen molar-refractivity contribution in [2.24, 2.45) is 0 Å². The quantitative estimate of drug-likeness (QED) is 0.281. The topological polar surface area (TPSA) is 79.7 Å². The third-order valence-electron chi connectivity index (χ3n) is 5.80. The maximum absolute atomic E-state index is 13.4. The average molecular weight is 436 g/mol. The first-order chi connectivity index (χ1) is 16.1. The predicted octanol–water partition coefficient (Wildman–Crippen LogP) is 4.87. The van der Waals surface area contributed by atoms with Gasteiger partial charge in [0.05, 0.1) is 24.1 Å². The predicted molar refractivity (Wildman–Crippen MR) is 126 cm³/mol. The number of aliphatic hydroxyl groups excluding tert-OH is 1. The third kappa shape index (κ3) is 3.42. The molecule has 0 radical (unpaired) electrons. The summed E-state index contributed by atoms with van der Waals surface area (Å²) in [4.78, 5) is 32.5. The SMILES string of the molecule is COc1ccc(/C(O)=C2\C(=O)C(=O)N(c3cccc4ccccc34)C2c2ccccn2)cc1. The Labute approximate surface area is 190 Å². The van der Waals surface area contributed by atoms with E-state index in [1.807, 2.05) is 36.4 Å². The van der Waals surface area contributed by atoms with E-state index in [1.165, 1.54) is 4.90 Å². The lowest BCUT2D eigenvalue weighted by molar-refractivity contribution is -0.132. The standard InChI is InChI=1S/C27H20N2O4/c1-33-19-14-12-18(13-15-19)25(30)23-24(21-10-4-5-16-28-21)29(27(32)26(23)31)22-11-6-8-17-7-2-3-9-20(17)22/h2-16,24,30H,1H3/b25-23+. The molecule has 6 heteroatoms. The highest BCUT2D eigenvalue weighted by Gasteiger charge is 2.48. The summed E-state index contributed by atoms with van der Waals surface area (Å²) in [7, 11) is 1.55. The highest BCUT2D eigenvalue weighted by molar-refractivity contribution is 6.52. The molecule has 1 amide bonds. The van der Waals surface area contributed by atoms with Crippen LogP contribution in [0.3, 0.4) is 0 Å². The van der Waals surface area contributed by atoms with E-state index in [9.17, 15) is 14.7 Å². The van der Waals surface area contributed by atoms with Crippen molar-refractivity contribution in [2.75, 3.05) is 12.0 Å². The van der Waals surface area contributed by atoms with Crippen LogP contribution in [0.2, 0.25) is 0 Å². The van der Waals surface area contributed by atoms with Crippen molar-refractivity contribution in [3.8, 4) is 5.75 Å². The van der Waals surface area contributed by atoms with Gasteiger partial charge in [-0.2, -0.15) is 0 Å². The molecule has 1 unspecified atom stereocenters. The van der Waals surface area contributed by atoms with Crippen molar-refractivity contribution in [3.05, 3.63) is 108 Å². The van der Waals surface area contributed by atoms with Crippen molar-refractivity contribution < 1.29 is 19.4 Å². The number of carbonyl (C=O) groups is 2. The number of fused-ring (bicyclic) bond motifs is 1. The van der Waals surface area contributed by atoms with Crippen molar-refractivity contribution in [2.45, 2.75) is 6.04 Å². The molecule has 6 nitrogen and oxygen atoms in total. The molecule has 0 saturated carbocycles. The number of carbonyl (C=O) groups excluding carboxylic acids is 2. The number of hydrogen-bond donors (Lipinski definition) is 1. The molecule has 1 saturated heterocycles. The molecule has 33 heavy (non-hydrogen) atoms. The van der Waals surface area contributed by atoms with Gasteiger partial charge in [-0.25, -0.2) is 0 Å². The number of rotatable bonds is 4. The largest absolute Gasteiger partial charge is 0.507 e. The molecule has 1 atom stereocenters. The first-order valence-electron chi connectivity index (χ1n) is 10.4. The Morgan fingerprint density at radius 1 is 0.909 bits per heavy atom. The van der Waals surface area contributed by atoms with Gasteiger partial charge in [0.2, 0.25) is 0 Å². The van der Waals surface area contributed by atoms with E-state index >= 15 is 0 Å². The Hall–Kier alpha value is -4.45. The molecule has 5 rings (SSSR count). The highest BCUT2D eigenvalue weighted by Crippen LogP contribution is 2.43. The number of ketones is 1. The van der Waals surface area contributed by atoms with Crippen LogP contribution in [0.15, 0.2) is 96.7 Å². The molecule has 1 N–H and O–H groups in total. The molecule has 3 aromatic carbocycles. The first kappa shape index (κ1) is 20.5. The highest BCUT2D eigenvalue weighted by atomic mass is 16.5. The summed E-state index contributed by atoms with van der Waals surface area (Å²) >= 11 is 0. The summed E-state index contributed by atoms with van der Waals surface area (Å²) in [5, 5.41) is 13.0. The van der Waals surface area contributed by atoms with Crippen molar-refractivity contribution in [1.29, 1.82) is 0 Å². The maximum atomic E-state index is 13.4. The molecule has 1 aliphatic rings. The minimum atomic E-state index is -0.876. The zero-order chi connectivity index (χ0) is 22.9. The number of nitrogens with zero attached hydrogens (tertiary/aromatic N) is 2. The summed E-state index contributed by atoms with van der Waals surface area (Å²) < 4.78 is 5.18. The molecule has 1 aliphatic heterocycles. The zero-order valence-corrected chi connectivity index (χ0v) is 17.8. The number of amides is 1. The van der Waals surface area contributed by atoms with E-state index in [-0.39, 0.29) is 11.3 Å². The third-order valence-corrected chi connectivity index (χ3v) is 5.80. The second-order valence-electron chi connectivity index (χ2n) is 7.65. The van der Waals surface area contributed by atoms with E-state index in [1.54, 1.807) is 61.8 Å². The second-order valence-corrected chi connectivity index (χ2v) is 7.65. The van der Waals surface area contributed by atoms with E-state index in [2.05, 4.69) is 4.98 Å². The van der Waals surface area contributed by atoms with Crippen molar-refractivity contribution >= 4 is 33.9 Å². The molecule has 1 fully saturated rings. The molecule has 1 aromatic heterocycles. The molecule has 4 aromatic rings. The molecular formula is C27H20N2O4. The Bertz CT molecular complexity index is 1390. The van der Waals surface area contributed by atoms with Gasteiger partial charge < -0.3 is 9.84 Å². The van der Waals surface area contributed by atoms with Gasteiger partial charge in [0.25, 0.3) is 11.7 Å².